The monoisotopic (exact) mass is 171 g/mol. The van der Waals surface area contributed by atoms with Crippen LogP contribution in [-0.4, -0.2) is 43.5 Å². The molecule has 70 valence electrons. The van der Waals surface area contributed by atoms with Gasteiger partial charge in [-0.3, -0.25) is 4.79 Å². The van der Waals surface area contributed by atoms with Gasteiger partial charge in [0.15, 0.2) is 0 Å². The number of likely N-dealkylation sites (N-methyl/N-ethyl adjacent to an activating group) is 2. The molecule has 12 heavy (non-hydrogen) atoms. The summed E-state index contributed by atoms with van der Waals surface area (Å²) in [5.41, 5.74) is 5.28. The Balaban J connectivity index is 2.53. The van der Waals surface area contributed by atoms with E-state index >= 15 is 0 Å². The van der Waals surface area contributed by atoms with Crippen molar-refractivity contribution in [3.63, 3.8) is 0 Å². The Kier molecular flexibility index (Phi) is 3.05. The minimum atomic E-state index is -0.190. The van der Waals surface area contributed by atoms with Crippen LogP contribution in [0.2, 0.25) is 0 Å². The van der Waals surface area contributed by atoms with Gasteiger partial charge in [-0.2, -0.15) is 0 Å². The van der Waals surface area contributed by atoms with Gasteiger partial charge in [-0.05, 0) is 13.6 Å². The van der Waals surface area contributed by atoms with Gasteiger partial charge >= 0.3 is 0 Å². The molecule has 4 nitrogen and oxygen atoms in total. The molecule has 4 heteroatoms. The number of nitrogens with two attached hydrogens (primary N) is 1. The summed E-state index contributed by atoms with van der Waals surface area (Å²) in [6.07, 6.45) is 0. The van der Waals surface area contributed by atoms with Crippen molar-refractivity contribution in [3.8, 4) is 0 Å². The number of hydrogen-bond donors (Lipinski definition) is 2. The third kappa shape index (κ3) is 1.95. The van der Waals surface area contributed by atoms with E-state index in [9.17, 15) is 4.79 Å². The molecule has 1 aliphatic heterocycles. The van der Waals surface area contributed by atoms with Crippen LogP contribution in [0, 0.1) is 5.92 Å². The second-order valence-electron chi connectivity index (χ2n) is 3.39. The molecule has 3 N–H and O–H groups in total. The van der Waals surface area contributed by atoms with Crippen LogP contribution in [0.3, 0.4) is 0 Å². The van der Waals surface area contributed by atoms with Crippen LogP contribution < -0.4 is 11.1 Å². The molecule has 1 saturated heterocycles. The molecule has 0 radical (unpaired) electrons. The summed E-state index contributed by atoms with van der Waals surface area (Å²) in [6, 6.07) is 0.248. The lowest BCUT2D eigenvalue weighted by Gasteiger charge is -2.15. The zero-order valence-electron chi connectivity index (χ0n) is 7.71. The van der Waals surface area contributed by atoms with E-state index < -0.39 is 0 Å². The van der Waals surface area contributed by atoms with Gasteiger partial charge in [-0.15, -0.1) is 0 Å². The molecular formula is C8H17N3O. The van der Waals surface area contributed by atoms with Crippen molar-refractivity contribution in [2.45, 2.75) is 13.0 Å². The third-order valence-corrected chi connectivity index (χ3v) is 2.33. The maximum atomic E-state index is 11.0. The van der Waals surface area contributed by atoms with Crippen molar-refractivity contribution >= 4 is 5.91 Å². The highest BCUT2D eigenvalue weighted by atomic mass is 16.1. The SMILES string of the molecule is CCNC1CN(C)CC1C(N)=O. The van der Waals surface area contributed by atoms with E-state index in [-0.39, 0.29) is 17.9 Å². The normalized spacial score (nSPS) is 30.8. The van der Waals surface area contributed by atoms with Crippen LogP contribution in [0.15, 0.2) is 0 Å². The summed E-state index contributed by atoms with van der Waals surface area (Å²) in [6.45, 7) is 4.63. The number of nitrogens with one attached hydrogen (secondary N) is 1. The first kappa shape index (κ1) is 9.48. The fourth-order valence-corrected chi connectivity index (χ4v) is 1.76. The molecule has 2 atom stereocenters. The molecular weight excluding hydrogens is 154 g/mol. The number of primary amides is 1. The topological polar surface area (TPSA) is 58.4 Å². The van der Waals surface area contributed by atoms with E-state index in [0.717, 1.165) is 19.6 Å². The molecule has 0 spiro atoms. The fraction of sp³-hybridized carbons (Fsp3) is 0.875. The van der Waals surface area contributed by atoms with Crippen molar-refractivity contribution in [1.82, 2.24) is 10.2 Å². The van der Waals surface area contributed by atoms with Crippen LogP contribution in [0.25, 0.3) is 0 Å². The molecule has 0 aromatic carbocycles. The van der Waals surface area contributed by atoms with Crippen LogP contribution >= 0.6 is 0 Å². The predicted octanol–water partition coefficient (Wildman–Crippen LogP) is -0.989. The van der Waals surface area contributed by atoms with Crippen molar-refractivity contribution in [1.29, 1.82) is 0 Å². The Bertz CT molecular complexity index is 172. The van der Waals surface area contributed by atoms with Gasteiger partial charge in [-0.25, -0.2) is 0 Å². The summed E-state index contributed by atoms with van der Waals surface area (Å²) in [7, 11) is 2.01. The number of amides is 1. The van der Waals surface area contributed by atoms with E-state index in [0.29, 0.717) is 0 Å². The molecule has 1 fully saturated rings. The van der Waals surface area contributed by atoms with Gasteiger partial charge in [0.05, 0.1) is 5.92 Å². The summed E-state index contributed by atoms with van der Waals surface area (Å²) in [4.78, 5) is 13.1. The minimum absolute atomic E-state index is 0.0186. The fourth-order valence-electron chi connectivity index (χ4n) is 1.76. The first-order chi connectivity index (χ1) is 5.65. The van der Waals surface area contributed by atoms with E-state index in [4.69, 9.17) is 5.73 Å². The van der Waals surface area contributed by atoms with E-state index in [1.165, 1.54) is 0 Å². The Morgan fingerprint density at radius 3 is 2.83 bits per heavy atom. The highest BCUT2D eigenvalue weighted by molar-refractivity contribution is 5.78. The molecule has 0 saturated carbocycles. The van der Waals surface area contributed by atoms with Gasteiger partial charge in [0.1, 0.15) is 0 Å². The number of hydrogen-bond acceptors (Lipinski definition) is 3. The van der Waals surface area contributed by atoms with Crippen LogP contribution in [0.5, 0.6) is 0 Å². The van der Waals surface area contributed by atoms with Gasteiger partial charge < -0.3 is 16.0 Å². The van der Waals surface area contributed by atoms with Crippen molar-refractivity contribution < 1.29 is 4.79 Å². The lowest BCUT2D eigenvalue weighted by atomic mass is 10.0. The average Bonchev–Trinajstić information content (AvgIpc) is 2.32. The van der Waals surface area contributed by atoms with Gasteiger partial charge in [0.25, 0.3) is 0 Å². The number of rotatable bonds is 3. The van der Waals surface area contributed by atoms with Crippen LogP contribution in [0.1, 0.15) is 6.92 Å². The lowest BCUT2D eigenvalue weighted by molar-refractivity contribution is -0.121. The Hall–Kier alpha value is -0.610. The highest BCUT2D eigenvalue weighted by Gasteiger charge is 2.33. The first-order valence-electron chi connectivity index (χ1n) is 4.36. The Morgan fingerprint density at radius 1 is 1.67 bits per heavy atom. The first-order valence-corrected chi connectivity index (χ1v) is 4.36. The smallest absolute Gasteiger partial charge is 0.223 e. The van der Waals surface area contributed by atoms with Crippen molar-refractivity contribution in [3.05, 3.63) is 0 Å². The highest BCUT2D eigenvalue weighted by Crippen LogP contribution is 2.14. The standard InChI is InChI=1S/C8H17N3O/c1-3-10-7-5-11(2)4-6(7)8(9)12/h6-7,10H,3-5H2,1-2H3,(H2,9,12). The summed E-state index contributed by atoms with van der Waals surface area (Å²) in [5, 5.41) is 3.26. The number of carbonyl (C=O) groups is 1. The molecule has 2 unspecified atom stereocenters. The van der Waals surface area contributed by atoms with E-state index in [1.807, 2.05) is 14.0 Å². The summed E-state index contributed by atoms with van der Waals surface area (Å²) in [5.74, 6) is -0.208. The third-order valence-electron chi connectivity index (χ3n) is 2.33. The molecule has 0 aromatic rings. The lowest BCUT2D eigenvalue weighted by Crippen LogP contribution is -2.41. The summed E-state index contributed by atoms with van der Waals surface area (Å²) < 4.78 is 0. The van der Waals surface area contributed by atoms with Crippen molar-refractivity contribution in [2.24, 2.45) is 11.7 Å². The Morgan fingerprint density at radius 2 is 2.33 bits per heavy atom. The molecule has 0 aromatic heterocycles. The molecule has 1 heterocycles. The molecule has 1 amide bonds. The zero-order chi connectivity index (χ0) is 9.14. The quantitative estimate of drug-likeness (QED) is 0.573. The maximum Gasteiger partial charge on any atom is 0.223 e. The molecule has 0 bridgehead atoms. The largest absolute Gasteiger partial charge is 0.369 e. The molecule has 1 aliphatic rings. The van der Waals surface area contributed by atoms with Gasteiger partial charge in [0, 0.05) is 19.1 Å². The Labute approximate surface area is 73.1 Å². The minimum Gasteiger partial charge on any atom is -0.369 e. The van der Waals surface area contributed by atoms with Crippen LogP contribution in [-0.2, 0) is 4.79 Å². The molecule has 0 aliphatic carbocycles. The second kappa shape index (κ2) is 3.87. The van der Waals surface area contributed by atoms with E-state index in [1.54, 1.807) is 0 Å². The van der Waals surface area contributed by atoms with Gasteiger partial charge in [-0.1, -0.05) is 6.92 Å². The van der Waals surface area contributed by atoms with E-state index in [2.05, 4.69) is 10.2 Å². The molecule has 1 rings (SSSR count). The number of likely N-dealkylation sites (tertiary alicyclic amines) is 1. The number of carbonyl (C=O) groups excluding carboxylic acids is 1. The average molecular weight is 171 g/mol. The second-order valence-corrected chi connectivity index (χ2v) is 3.39. The van der Waals surface area contributed by atoms with Crippen molar-refractivity contribution in [2.75, 3.05) is 26.7 Å². The summed E-state index contributed by atoms with van der Waals surface area (Å²) >= 11 is 0. The predicted molar refractivity (Wildman–Crippen MR) is 47.6 cm³/mol. The number of nitrogens with zero attached hydrogens (tertiary/aromatic N) is 1. The maximum absolute atomic E-state index is 11.0. The zero-order valence-corrected chi connectivity index (χ0v) is 7.71. The van der Waals surface area contributed by atoms with Crippen LogP contribution in [0.4, 0.5) is 0 Å². The van der Waals surface area contributed by atoms with Gasteiger partial charge in [0.2, 0.25) is 5.91 Å².